The highest BCUT2D eigenvalue weighted by molar-refractivity contribution is 7.89. The van der Waals surface area contributed by atoms with E-state index in [4.69, 9.17) is 16.3 Å². The van der Waals surface area contributed by atoms with Gasteiger partial charge in [-0.05, 0) is 86.9 Å². The number of rotatable bonds is 6. The third-order valence-corrected chi connectivity index (χ3v) is 14.4. The van der Waals surface area contributed by atoms with E-state index in [9.17, 15) is 8.42 Å². The molecule has 2 aliphatic heterocycles. The minimum Gasteiger partial charge on any atom is -0.383 e. The van der Waals surface area contributed by atoms with Gasteiger partial charge in [0.1, 0.15) is 0 Å². The van der Waals surface area contributed by atoms with Crippen LogP contribution in [0.1, 0.15) is 84.5 Å². The van der Waals surface area contributed by atoms with Crippen molar-refractivity contribution >= 4 is 21.6 Å². The van der Waals surface area contributed by atoms with Gasteiger partial charge in [-0.2, -0.15) is 4.31 Å². The van der Waals surface area contributed by atoms with Crippen LogP contribution in [0.4, 0.5) is 0 Å². The molecule has 0 bridgehead atoms. The standard InChI is InChI=1S/C30H51ClN2O3S/c1-21-9-4-5-12-29(21)37(34,35)32-17-6-7-18-33-27(19-32)30(28(33)20-36-3)24-15-13-23(14-16-24)25-10-8-11-26(31)22(25)2/h6-7,21-30H,4-5,8-20H2,1-3H3/b7-6-/t21?,22?,23?,24?,25?,26?,27?,28-,29?,30+/m1/s1. The van der Waals surface area contributed by atoms with E-state index in [-0.39, 0.29) is 11.2 Å². The summed E-state index contributed by atoms with van der Waals surface area (Å²) < 4.78 is 35.4. The van der Waals surface area contributed by atoms with Crippen molar-refractivity contribution < 1.29 is 13.2 Å². The van der Waals surface area contributed by atoms with Crippen molar-refractivity contribution in [3.05, 3.63) is 12.2 Å². The van der Waals surface area contributed by atoms with Crippen molar-refractivity contribution in [1.82, 2.24) is 9.21 Å². The third-order valence-electron chi connectivity index (χ3n) is 11.3. The number of halogens is 1. The lowest BCUT2D eigenvalue weighted by Gasteiger charge is -2.60. The summed E-state index contributed by atoms with van der Waals surface area (Å²) in [4.78, 5) is 2.55. The summed E-state index contributed by atoms with van der Waals surface area (Å²) in [5.74, 6) is 3.69. The fraction of sp³-hybridized carbons (Fsp3) is 0.933. The summed E-state index contributed by atoms with van der Waals surface area (Å²) in [6.07, 6.45) is 17.3. The lowest BCUT2D eigenvalue weighted by molar-refractivity contribution is -0.119. The highest BCUT2D eigenvalue weighted by atomic mass is 35.5. The van der Waals surface area contributed by atoms with E-state index in [0.717, 1.165) is 50.7 Å². The zero-order valence-electron chi connectivity index (χ0n) is 23.4. The van der Waals surface area contributed by atoms with Crippen molar-refractivity contribution in [3.63, 3.8) is 0 Å². The number of fused-ring (bicyclic) bond motifs is 1. The Morgan fingerprint density at radius 3 is 2.32 bits per heavy atom. The molecule has 5 nitrogen and oxygen atoms in total. The Bertz CT molecular complexity index is 889. The molecule has 7 heteroatoms. The van der Waals surface area contributed by atoms with Crippen LogP contribution in [0.2, 0.25) is 0 Å². The largest absolute Gasteiger partial charge is 0.383 e. The SMILES string of the molecule is COC[C@@H]1[C@@H](C2CCC(C3CCCC(Cl)C3C)CC2)C2CN(S(=O)(=O)C3CCCCC3C)C/C=C\CN21. The number of hydrogen-bond acceptors (Lipinski definition) is 4. The Hall–Kier alpha value is -0.140. The first-order valence-corrected chi connectivity index (χ1v) is 17.3. The molecule has 4 fully saturated rings. The molecular formula is C30H51ClN2O3S. The molecule has 0 radical (unpaired) electrons. The van der Waals surface area contributed by atoms with Gasteiger partial charge in [-0.25, -0.2) is 8.42 Å². The molecule has 3 aliphatic carbocycles. The molecule has 212 valence electrons. The average Bonchev–Trinajstić information content (AvgIpc) is 2.87. The lowest BCUT2D eigenvalue weighted by Crippen LogP contribution is -2.71. The molecule has 5 aliphatic rings. The van der Waals surface area contributed by atoms with Crippen LogP contribution in [-0.2, 0) is 14.8 Å². The van der Waals surface area contributed by atoms with E-state index < -0.39 is 10.0 Å². The molecule has 0 aromatic carbocycles. The lowest BCUT2D eigenvalue weighted by atomic mass is 9.61. The monoisotopic (exact) mass is 554 g/mol. The van der Waals surface area contributed by atoms with Crippen LogP contribution in [0.15, 0.2) is 12.2 Å². The predicted molar refractivity (Wildman–Crippen MR) is 152 cm³/mol. The molecule has 3 saturated carbocycles. The Morgan fingerprint density at radius 2 is 1.59 bits per heavy atom. The Balaban J connectivity index is 1.29. The summed E-state index contributed by atoms with van der Waals surface area (Å²) in [6.45, 7) is 7.37. The van der Waals surface area contributed by atoms with Gasteiger partial charge in [0.05, 0.1) is 11.9 Å². The van der Waals surface area contributed by atoms with E-state index in [1.165, 1.54) is 44.9 Å². The van der Waals surface area contributed by atoms with Crippen molar-refractivity contribution in [2.45, 2.75) is 107 Å². The summed E-state index contributed by atoms with van der Waals surface area (Å²) >= 11 is 6.69. The van der Waals surface area contributed by atoms with E-state index >= 15 is 0 Å². The number of nitrogens with zero attached hydrogens (tertiary/aromatic N) is 2. The maximum atomic E-state index is 13.9. The van der Waals surface area contributed by atoms with Crippen molar-refractivity contribution in [3.8, 4) is 0 Å². The highest BCUT2D eigenvalue weighted by Gasteiger charge is 2.53. The molecule has 1 saturated heterocycles. The van der Waals surface area contributed by atoms with Gasteiger partial charge >= 0.3 is 0 Å². The first-order valence-electron chi connectivity index (χ1n) is 15.4. The topological polar surface area (TPSA) is 49.9 Å². The molecule has 8 atom stereocenters. The van der Waals surface area contributed by atoms with Gasteiger partial charge in [0.2, 0.25) is 10.0 Å². The van der Waals surface area contributed by atoms with Crippen LogP contribution in [-0.4, -0.2) is 73.7 Å². The van der Waals surface area contributed by atoms with Crippen LogP contribution < -0.4 is 0 Å². The molecule has 0 aromatic rings. The Morgan fingerprint density at radius 1 is 0.892 bits per heavy atom. The van der Waals surface area contributed by atoms with Gasteiger partial charge < -0.3 is 4.74 Å². The minimum atomic E-state index is -3.30. The highest BCUT2D eigenvalue weighted by Crippen LogP contribution is 2.49. The van der Waals surface area contributed by atoms with Crippen LogP contribution in [0.25, 0.3) is 0 Å². The van der Waals surface area contributed by atoms with Gasteiger partial charge in [-0.15, -0.1) is 11.6 Å². The number of alkyl halides is 1. The van der Waals surface area contributed by atoms with Crippen molar-refractivity contribution in [2.75, 3.05) is 33.4 Å². The number of ether oxygens (including phenoxy) is 1. The van der Waals surface area contributed by atoms with Gasteiger partial charge in [0.25, 0.3) is 0 Å². The molecule has 0 spiro atoms. The quantitative estimate of drug-likeness (QED) is 0.301. The van der Waals surface area contributed by atoms with Crippen molar-refractivity contribution in [2.24, 2.45) is 35.5 Å². The zero-order valence-corrected chi connectivity index (χ0v) is 25.0. The summed E-state index contributed by atoms with van der Waals surface area (Å²) in [6, 6.07) is 0.708. The number of methoxy groups -OCH3 is 1. The summed E-state index contributed by atoms with van der Waals surface area (Å²) in [5.41, 5.74) is 0. The summed E-state index contributed by atoms with van der Waals surface area (Å²) in [5, 5.41) is 0.139. The maximum absolute atomic E-state index is 13.9. The van der Waals surface area contributed by atoms with E-state index in [0.29, 0.717) is 48.3 Å². The van der Waals surface area contributed by atoms with E-state index in [1.54, 1.807) is 0 Å². The first kappa shape index (κ1) is 28.4. The molecule has 0 aromatic heterocycles. The van der Waals surface area contributed by atoms with Crippen LogP contribution in [0, 0.1) is 35.5 Å². The predicted octanol–water partition coefficient (Wildman–Crippen LogP) is 5.93. The molecule has 37 heavy (non-hydrogen) atoms. The van der Waals surface area contributed by atoms with Crippen LogP contribution in [0.5, 0.6) is 0 Å². The van der Waals surface area contributed by atoms with Gasteiger partial charge in [-0.3, -0.25) is 4.90 Å². The fourth-order valence-corrected chi connectivity index (χ4v) is 11.7. The number of hydrogen-bond donors (Lipinski definition) is 0. The van der Waals surface area contributed by atoms with Crippen LogP contribution in [0.3, 0.4) is 0 Å². The number of sulfonamides is 1. The van der Waals surface area contributed by atoms with E-state index in [2.05, 4.69) is 30.9 Å². The first-order chi connectivity index (χ1) is 17.8. The van der Waals surface area contributed by atoms with Gasteiger partial charge in [0.15, 0.2) is 0 Å². The second-order valence-electron chi connectivity index (χ2n) is 13.1. The average molecular weight is 555 g/mol. The molecule has 5 rings (SSSR count). The molecule has 0 N–H and O–H groups in total. The molecule has 0 amide bonds. The molecular weight excluding hydrogens is 504 g/mol. The molecule has 6 unspecified atom stereocenters. The Labute approximate surface area is 231 Å². The summed E-state index contributed by atoms with van der Waals surface area (Å²) in [7, 11) is -1.49. The second kappa shape index (κ2) is 12.2. The minimum absolute atomic E-state index is 0.213. The third kappa shape index (κ3) is 5.71. The molecule has 2 heterocycles. The zero-order chi connectivity index (χ0) is 26.2. The van der Waals surface area contributed by atoms with E-state index in [1.807, 2.05) is 11.4 Å². The Kier molecular flexibility index (Phi) is 9.33. The fourth-order valence-electron chi connectivity index (χ4n) is 9.11. The normalized spacial score (nSPS) is 45.3. The van der Waals surface area contributed by atoms with Crippen LogP contribution >= 0.6 is 11.6 Å². The maximum Gasteiger partial charge on any atom is 0.217 e. The van der Waals surface area contributed by atoms with Gasteiger partial charge in [0, 0.05) is 44.2 Å². The smallest absolute Gasteiger partial charge is 0.217 e. The second-order valence-corrected chi connectivity index (χ2v) is 15.9. The van der Waals surface area contributed by atoms with Crippen molar-refractivity contribution in [1.29, 1.82) is 0 Å². The van der Waals surface area contributed by atoms with Gasteiger partial charge in [-0.1, -0.05) is 45.3 Å².